The molecule has 1 aliphatic heterocycles. The molecule has 4 nitrogen and oxygen atoms in total. The van der Waals surface area contributed by atoms with E-state index in [0.29, 0.717) is 19.8 Å². The molecule has 0 unspecified atom stereocenters. The summed E-state index contributed by atoms with van der Waals surface area (Å²) in [6.45, 7) is 9.06. The van der Waals surface area contributed by atoms with Crippen LogP contribution in [0, 0.1) is 0 Å². The van der Waals surface area contributed by atoms with E-state index in [1.807, 2.05) is 20.8 Å². The minimum absolute atomic E-state index is 0.286. The lowest BCUT2D eigenvalue weighted by molar-refractivity contribution is -0.690. The van der Waals surface area contributed by atoms with Gasteiger partial charge in [-0.2, -0.15) is 0 Å². The van der Waals surface area contributed by atoms with Gasteiger partial charge in [0, 0.05) is 17.5 Å². The number of hydrogen-bond donors (Lipinski definition) is 1. The second-order valence-electron chi connectivity index (χ2n) is 6.12. The molecule has 1 atom stereocenters. The number of benzene rings is 2. The fraction of sp³-hybridized carbons (Fsp3) is 0.429. The Kier molecular flexibility index (Phi) is 5.82. The van der Waals surface area contributed by atoms with Crippen LogP contribution in [0.15, 0.2) is 36.4 Å². The third-order valence-corrected chi connectivity index (χ3v) is 4.51. The Bertz CT molecular complexity index is 697. The molecule has 0 aliphatic carbocycles. The predicted octanol–water partition coefficient (Wildman–Crippen LogP) is 3.09. The normalized spacial score (nSPS) is 16.2. The third kappa shape index (κ3) is 3.90. The van der Waals surface area contributed by atoms with Crippen molar-refractivity contribution < 1.29 is 19.5 Å². The molecular formula is C21H28NO3+. The first-order valence-electron chi connectivity index (χ1n) is 9.25. The van der Waals surface area contributed by atoms with Crippen LogP contribution in [0.5, 0.6) is 17.2 Å². The molecule has 0 fully saturated rings. The van der Waals surface area contributed by atoms with Crippen LogP contribution < -0.4 is 19.5 Å². The van der Waals surface area contributed by atoms with Crippen molar-refractivity contribution in [3.8, 4) is 17.2 Å². The molecule has 0 saturated heterocycles. The SMILES string of the molecule is CCOc1ccc([C@@H]2[NH2+]CCc3cc(OCC)c(OCC)cc32)cc1. The molecule has 4 heteroatoms. The molecule has 2 aromatic carbocycles. The lowest BCUT2D eigenvalue weighted by Crippen LogP contribution is -2.87. The highest BCUT2D eigenvalue weighted by Gasteiger charge is 2.27. The second-order valence-corrected chi connectivity index (χ2v) is 6.12. The molecule has 0 saturated carbocycles. The zero-order valence-corrected chi connectivity index (χ0v) is 15.4. The maximum absolute atomic E-state index is 5.83. The molecular weight excluding hydrogens is 314 g/mol. The minimum atomic E-state index is 0.286. The van der Waals surface area contributed by atoms with Crippen molar-refractivity contribution in [1.29, 1.82) is 0 Å². The van der Waals surface area contributed by atoms with E-state index in [9.17, 15) is 0 Å². The van der Waals surface area contributed by atoms with Gasteiger partial charge >= 0.3 is 0 Å². The molecule has 0 bridgehead atoms. The van der Waals surface area contributed by atoms with Gasteiger partial charge in [0.25, 0.3) is 0 Å². The number of quaternary nitrogens is 1. The molecule has 3 rings (SSSR count). The Balaban J connectivity index is 1.95. The predicted molar refractivity (Wildman–Crippen MR) is 98.7 cm³/mol. The molecule has 0 radical (unpaired) electrons. The van der Waals surface area contributed by atoms with Crippen LogP contribution in [-0.2, 0) is 6.42 Å². The second kappa shape index (κ2) is 8.26. The number of rotatable bonds is 7. The van der Waals surface area contributed by atoms with E-state index in [0.717, 1.165) is 30.2 Å². The average Bonchev–Trinajstić information content (AvgIpc) is 2.63. The van der Waals surface area contributed by atoms with Crippen molar-refractivity contribution in [2.24, 2.45) is 0 Å². The average molecular weight is 342 g/mol. The summed E-state index contributed by atoms with van der Waals surface area (Å²) in [5.74, 6) is 2.62. The van der Waals surface area contributed by atoms with Gasteiger partial charge in [-0.3, -0.25) is 0 Å². The van der Waals surface area contributed by atoms with Crippen molar-refractivity contribution in [3.05, 3.63) is 53.1 Å². The zero-order chi connectivity index (χ0) is 17.6. The first kappa shape index (κ1) is 17.6. The molecule has 0 amide bonds. The van der Waals surface area contributed by atoms with Gasteiger partial charge in [-0.05, 0) is 62.7 Å². The topological polar surface area (TPSA) is 44.3 Å². The summed E-state index contributed by atoms with van der Waals surface area (Å²) in [5, 5.41) is 2.40. The van der Waals surface area contributed by atoms with Crippen LogP contribution in [0.25, 0.3) is 0 Å². The Morgan fingerprint density at radius 2 is 1.52 bits per heavy atom. The van der Waals surface area contributed by atoms with Crippen molar-refractivity contribution in [1.82, 2.24) is 0 Å². The highest BCUT2D eigenvalue weighted by atomic mass is 16.5. The van der Waals surface area contributed by atoms with Gasteiger partial charge in [-0.1, -0.05) is 0 Å². The van der Waals surface area contributed by atoms with Crippen molar-refractivity contribution >= 4 is 0 Å². The lowest BCUT2D eigenvalue weighted by Gasteiger charge is -2.26. The molecule has 25 heavy (non-hydrogen) atoms. The molecule has 1 aliphatic rings. The van der Waals surface area contributed by atoms with Gasteiger partial charge in [0.15, 0.2) is 11.5 Å². The fourth-order valence-electron chi connectivity index (χ4n) is 3.45. The summed E-state index contributed by atoms with van der Waals surface area (Å²) in [6.07, 6.45) is 1.05. The monoisotopic (exact) mass is 342 g/mol. The van der Waals surface area contributed by atoms with Crippen molar-refractivity contribution in [3.63, 3.8) is 0 Å². The Morgan fingerprint density at radius 3 is 2.16 bits per heavy atom. The van der Waals surface area contributed by atoms with Crippen LogP contribution in [0.3, 0.4) is 0 Å². The summed E-state index contributed by atoms with van der Waals surface area (Å²) < 4.78 is 17.2. The van der Waals surface area contributed by atoms with Gasteiger partial charge in [0.05, 0.1) is 26.4 Å². The fourth-order valence-corrected chi connectivity index (χ4v) is 3.45. The maximum atomic E-state index is 5.83. The van der Waals surface area contributed by atoms with Gasteiger partial charge < -0.3 is 19.5 Å². The molecule has 0 spiro atoms. The molecule has 1 heterocycles. The molecule has 2 N–H and O–H groups in total. The Morgan fingerprint density at radius 1 is 0.880 bits per heavy atom. The van der Waals surface area contributed by atoms with Crippen LogP contribution >= 0.6 is 0 Å². The first-order chi connectivity index (χ1) is 12.3. The summed E-state index contributed by atoms with van der Waals surface area (Å²) >= 11 is 0. The summed E-state index contributed by atoms with van der Waals surface area (Å²) in [6, 6.07) is 13.1. The van der Waals surface area contributed by atoms with E-state index in [-0.39, 0.29) is 6.04 Å². The van der Waals surface area contributed by atoms with Crippen LogP contribution in [0.1, 0.15) is 43.5 Å². The van der Waals surface area contributed by atoms with Gasteiger partial charge in [0.2, 0.25) is 0 Å². The van der Waals surface area contributed by atoms with Gasteiger partial charge in [-0.25, -0.2) is 0 Å². The highest BCUT2D eigenvalue weighted by Crippen LogP contribution is 2.36. The van der Waals surface area contributed by atoms with E-state index in [2.05, 4.69) is 41.7 Å². The van der Waals surface area contributed by atoms with Gasteiger partial charge in [-0.15, -0.1) is 0 Å². The zero-order valence-electron chi connectivity index (χ0n) is 15.4. The molecule has 134 valence electrons. The molecule has 0 aromatic heterocycles. The van der Waals surface area contributed by atoms with Gasteiger partial charge in [0.1, 0.15) is 11.8 Å². The van der Waals surface area contributed by atoms with Crippen molar-refractivity contribution in [2.75, 3.05) is 26.4 Å². The quantitative estimate of drug-likeness (QED) is 0.841. The Hall–Kier alpha value is -2.20. The van der Waals surface area contributed by atoms with Crippen LogP contribution in [0.4, 0.5) is 0 Å². The smallest absolute Gasteiger partial charge is 0.161 e. The summed E-state index contributed by atoms with van der Waals surface area (Å²) in [5.41, 5.74) is 3.96. The van der Waals surface area contributed by atoms with Crippen LogP contribution in [-0.4, -0.2) is 26.4 Å². The number of ether oxygens (including phenoxy) is 3. The van der Waals surface area contributed by atoms with E-state index in [1.165, 1.54) is 16.7 Å². The summed E-state index contributed by atoms with van der Waals surface area (Å²) in [7, 11) is 0. The van der Waals surface area contributed by atoms with E-state index in [4.69, 9.17) is 14.2 Å². The van der Waals surface area contributed by atoms with Crippen LogP contribution in [0.2, 0.25) is 0 Å². The standard InChI is InChI=1S/C21H27NO3/c1-4-23-17-9-7-15(8-10-17)21-18-14-20(25-6-3)19(24-5-2)13-16(18)11-12-22-21/h7-10,13-14,21-22H,4-6,11-12H2,1-3H3/p+1/t21-/m0/s1. The van der Waals surface area contributed by atoms with E-state index in [1.54, 1.807) is 0 Å². The highest BCUT2D eigenvalue weighted by molar-refractivity contribution is 5.50. The Labute approximate surface area is 150 Å². The third-order valence-electron chi connectivity index (χ3n) is 4.51. The number of hydrogen-bond acceptors (Lipinski definition) is 3. The lowest BCUT2D eigenvalue weighted by atomic mass is 9.89. The molecule has 2 aromatic rings. The first-order valence-corrected chi connectivity index (χ1v) is 9.25. The van der Waals surface area contributed by atoms with E-state index >= 15 is 0 Å². The minimum Gasteiger partial charge on any atom is -0.494 e. The number of fused-ring (bicyclic) bond motifs is 1. The number of nitrogens with two attached hydrogens (primary N) is 1. The summed E-state index contributed by atoms with van der Waals surface area (Å²) in [4.78, 5) is 0. The largest absolute Gasteiger partial charge is 0.494 e. The maximum Gasteiger partial charge on any atom is 0.161 e. The van der Waals surface area contributed by atoms with E-state index < -0.39 is 0 Å². The van der Waals surface area contributed by atoms with Crippen molar-refractivity contribution in [2.45, 2.75) is 33.2 Å².